The average molecular weight is 273 g/mol. The molecule has 1 unspecified atom stereocenters. The van der Waals surface area contributed by atoms with Gasteiger partial charge in [-0.3, -0.25) is 0 Å². The molecule has 1 fully saturated rings. The molecule has 110 valence electrons. The first-order chi connectivity index (χ1) is 8.90. The average Bonchev–Trinajstić information content (AvgIpc) is 2.82. The van der Waals surface area contributed by atoms with Crippen molar-refractivity contribution in [2.75, 3.05) is 26.2 Å². The van der Waals surface area contributed by atoms with Gasteiger partial charge in [-0.05, 0) is 32.7 Å². The molecule has 0 aliphatic carbocycles. The first kappa shape index (κ1) is 15.7. The van der Waals surface area contributed by atoms with Gasteiger partial charge >= 0.3 is 12.0 Å². The van der Waals surface area contributed by atoms with Crippen molar-refractivity contribution in [3.05, 3.63) is 0 Å². The molecule has 1 aliphatic heterocycles. The second kappa shape index (κ2) is 7.30. The van der Waals surface area contributed by atoms with Crippen molar-refractivity contribution in [1.82, 2.24) is 15.5 Å². The molecule has 1 aliphatic rings. The first-order valence-electron chi connectivity index (χ1n) is 6.56. The summed E-state index contributed by atoms with van der Waals surface area (Å²) < 4.78 is 0. The van der Waals surface area contributed by atoms with E-state index in [0.717, 1.165) is 19.5 Å². The van der Waals surface area contributed by atoms with Gasteiger partial charge < -0.3 is 25.7 Å². The quantitative estimate of drug-likeness (QED) is 0.521. The topological polar surface area (TPSA) is 102 Å². The number of hydrogen-bond acceptors (Lipinski definition) is 4. The van der Waals surface area contributed by atoms with Crippen LogP contribution < -0.4 is 10.6 Å². The smallest absolute Gasteiger partial charge is 0.334 e. The maximum absolute atomic E-state index is 11.4. The maximum atomic E-state index is 11.4. The molecule has 2 amide bonds. The number of likely N-dealkylation sites (tertiary alicyclic amines) is 1. The number of nitrogens with one attached hydrogen (secondary N) is 2. The lowest BCUT2D eigenvalue weighted by Gasteiger charge is -2.20. The van der Waals surface area contributed by atoms with Gasteiger partial charge in [0.2, 0.25) is 0 Å². The van der Waals surface area contributed by atoms with E-state index in [1.54, 1.807) is 0 Å². The number of rotatable bonds is 6. The van der Waals surface area contributed by atoms with Crippen LogP contribution >= 0.6 is 0 Å². The van der Waals surface area contributed by atoms with E-state index in [1.165, 1.54) is 0 Å². The van der Waals surface area contributed by atoms with E-state index in [0.29, 0.717) is 18.5 Å². The highest BCUT2D eigenvalue weighted by Crippen LogP contribution is 2.17. The van der Waals surface area contributed by atoms with Gasteiger partial charge in [-0.15, -0.1) is 0 Å². The van der Waals surface area contributed by atoms with Crippen molar-refractivity contribution in [2.24, 2.45) is 5.92 Å². The van der Waals surface area contributed by atoms with E-state index >= 15 is 0 Å². The van der Waals surface area contributed by atoms with Crippen LogP contribution in [0.5, 0.6) is 0 Å². The van der Waals surface area contributed by atoms with Crippen LogP contribution in [0.3, 0.4) is 0 Å². The van der Waals surface area contributed by atoms with Crippen molar-refractivity contribution < 1.29 is 19.8 Å². The zero-order valence-electron chi connectivity index (χ0n) is 11.4. The Morgan fingerprint density at radius 2 is 2.05 bits per heavy atom. The lowest BCUT2D eigenvalue weighted by Crippen LogP contribution is -2.43. The molecule has 0 spiro atoms. The fraction of sp³-hybridized carbons (Fsp3) is 0.833. The third-order valence-corrected chi connectivity index (χ3v) is 3.34. The number of urea groups is 1. The molecular formula is C12H23N3O4. The number of carboxylic acids is 1. The molecule has 0 aromatic heterocycles. The predicted octanol–water partition coefficient (Wildman–Crippen LogP) is -0.539. The molecule has 1 rings (SSSR count). The number of nitrogens with zero attached hydrogens (tertiary/aromatic N) is 1. The molecule has 1 saturated heterocycles. The highest BCUT2D eigenvalue weighted by Gasteiger charge is 2.24. The number of aliphatic carboxylic acids is 1. The number of carbonyl (C=O) groups excluding carboxylic acids is 1. The minimum atomic E-state index is -1.56. The highest BCUT2D eigenvalue weighted by molar-refractivity contribution is 5.76. The summed E-state index contributed by atoms with van der Waals surface area (Å²) in [6.45, 7) is 6.59. The monoisotopic (exact) mass is 273 g/mol. The SMILES string of the molecule is CC(C)N1CCC(CNC(=O)NC[C@H](O)C(=O)O)C1. The summed E-state index contributed by atoms with van der Waals surface area (Å²) >= 11 is 0. The molecule has 0 radical (unpaired) electrons. The Morgan fingerprint density at radius 1 is 1.37 bits per heavy atom. The second-order valence-corrected chi connectivity index (χ2v) is 5.19. The number of carbonyl (C=O) groups is 2. The molecule has 7 heteroatoms. The fourth-order valence-electron chi connectivity index (χ4n) is 2.07. The summed E-state index contributed by atoms with van der Waals surface area (Å²) in [7, 11) is 0. The standard InChI is InChI=1S/C12H23N3O4/c1-8(2)15-4-3-9(7-15)5-13-12(19)14-6-10(16)11(17)18/h8-10,16H,3-7H2,1-2H3,(H,17,18)(H2,13,14,19)/t9?,10-/m0/s1. The minimum Gasteiger partial charge on any atom is -0.479 e. The van der Waals surface area contributed by atoms with Crippen LogP contribution in [-0.2, 0) is 4.79 Å². The lowest BCUT2D eigenvalue weighted by atomic mass is 10.1. The Labute approximate surface area is 113 Å². The summed E-state index contributed by atoms with van der Waals surface area (Å²) in [5.74, 6) is -0.916. The van der Waals surface area contributed by atoms with E-state index in [-0.39, 0.29) is 6.54 Å². The molecule has 0 bridgehead atoms. The van der Waals surface area contributed by atoms with Gasteiger partial charge in [0.15, 0.2) is 6.10 Å². The Hall–Kier alpha value is -1.34. The molecule has 7 nitrogen and oxygen atoms in total. The first-order valence-corrected chi connectivity index (χ1v) is 6.56. The summed E-state index contributed by atoms with van der Waals surface area (Å²) in [6, 6.07) is 0.0767. The van der Waals surface area contributed by atoms with Gasteiger partial charge in [-0.1, -0.05) is 0 Å². The minimum absolute atomic E-state index is 0.288. The third kappa shape index (κ3) is 5.44. The van der Waals surface area contributed by atoms with Crippen molar-refractivity contribution >= 4 is 12.0 Å². The maximum Gasteiger partial charge on any atom is 0.334 e. The van der Waals surface area contributed by atoms with E-state index in [4.69, 9.17) is 10.2 Å². The molecule has 0 saturated carbocycles. The fourth-order valence-corrected chi connectivity index (χ4v) is 2.07. The number of aliphatic hydroxyl groups is 1. The van der Waals surface area contributed by atoms with Gasteiger partial charge in [0.05, 0.1) is 6.54 Å². The van der Waals surface area contributed by atoms with Crippen LogP contribution in [0.2, 0.25) is 0 Å². The van der Waals surface area contributed by atoms with Crippen molar-refractivity contribution in [2.45, 2.75) is 32.4 Å². The number of aliphatic hydroxyl groups excluding tert-OH is 1. The van der Waals surface area contributed by atoms with E-state index in [9.17, 15) is 9.59 Å². The van der Waals surface area contributed by atoms with Crippen LogP contribution in [0.4, 0.5) is 4.79 Å². The van der Waals surface area contributed by atoms with Gasteiger partial charge in [0, 0.05) is 19.1 Å². The molecule has 2 atom stereocenters. The summed E-state index contributed by atoms with van der Waals surface area (Å²) in [4.78, 5) is 24.1. The van der Waals surface area contributed by atoms with Crippen LogP contribution in [0.15, 0.2) is 0 Å². The predicted molar refractivity (Wildman–Crippen MR) is 69.9 cm³/mol. The summed E-state index contributed by atoms with van der Waals surface area (Å²) in [5.41, 5.74) is 0. The van der Waals surface area contributed by atoms with Crippen molar-refractivity contribution in [1.29, 1.82) is 0 Å². The molecule has 0 aromatic carbocycles. The molecule has 19 heavy (non-hydrogen) atoms. The molecule has 1 heterocycles. The number of hydrogen-bond donors (Lipinski definition) is 4. The van der Waals surface area contributed by atoms with Gasteiger partial charge in [0.25, 0.3) is 0 Å². The van der Waals surface area contributed by atoms with E-state index < -0.39 is 18.1 Å². The lowest BCUT2D eigenvalue weighted by molar-refractivity contribution is -0.146. The van der Waals surface area contributed by atoms with Gasteiger partial charge in [-0.25, -0.2) is 9.59 Å². The Bertz CT molecular complexity index is 322. The van der Waals surface area contributed by atoms with Crippen LogP contribution in [0, 0.1) is 5.92 Å². The van der Waals surface area contributed by atoms with Crippen LogP contribution in [0.25, 0.3) is 0 Å². The number of carboxylic acid groups (broad SMARTS) is 1. The van der Waals surface area contributed by atoms with Crippen LogP contribution in [-0.4, -0.2) is 65.4 Å². The summed E-state index contributed by atoms with van der Waals surface area (Å²) in [6.07, 6.45) is -0.510. The molecule has 4 N–H and O–H groups in total. The van der Waals surface area contributed by atoms with Crippen molar-refractivity contribution in [3.63, 3.8) is 0 Å². The van der Waals surface area contributed by atoms with E-state index in [1.807, 2.05) is 0 Å². The van der Waals surface area contributed by atoms with Gasteiger partial charge in [-0.2, -0.15) is 0 Å². The van der Waals surface area contributed by atoms with Crippen molar-refractivity contribution in [3.8, 4) is 0 Å². The molecule has 0 aromatic rings. The zero-order valence-corrected chi connectivity index (χ0v) is 11.4. The zero-order chi connectivity index (χ0) is 14.4. The van der Waals surface area contributed by atoms with Gasteiger partial charge in [0.1, 0.15) is 0 Å². The third-order valence-electron chi connectivity index (χ3n) is 3.34. The highest BCUT2D eigenvalue weighted by atomic mass is 16.4. The Morgan fingerprint density at radius 3 is 2.58 bits per heavy atom. The second-order valence-electron chi connectivity index (χ2n) is 5.19. The molecular weight excluding hydrogens is 250 g/mol. The largest absolute Gasteiger partial charge is 0.479 e. The Balaban J connectivity index is 2.16. The normalized spacial score (nSPS) is 21.4. The Kier molecular flexibility index (Phi) is 6.04. The number of amides is 2. The van der Waals surface area contributed by atoms with E-state index in [2.05, 4.69) is 29.4 Å². The van der Waals surface area contributed by atoms with Crippen LogP contribution in [0.1, 0.15) is 20.3 Å². The summed E-state index contributed by atoms with van der Waals surface area (Å²) in [5, 5.41) is 22.5.